The van der Waals surface area contributed by atoms with E-state index in [1.54, 1.807) is 0 Å². The molecular weight excluding hydrogens is 190 g/mol. The van der Waals surface area contributed by atoms with Crippen LogP contribution in [0.1, 0.15) is 33.6 Å². The van der Waals surface area contributed by atoms with E-state index in [0.29, 0.717) is 6.42 Å². The van der Waals surface area contributed by atoms with Gasteiger partial charge in [-0.05, 0) is 33.0 Å². The summed E-state index contributed by atoms with van der Waals surface area (Å²) in [6.45, 7) is 10.1. The lowest BCUT2D eigenvalue weighted by Crippen LogP contribution is -2.32. The van der Waals surface area contributed by atoms with E-state index in [9.17, 15) is 4.79 Å². The predicted molar refractivity (Wildman–Crippen MR) is 63.7 cm³/mol. The fourth-order valence-electron chi connectivity index (χ4n) is 1.43. The summed E-state index contributed by atoms with van der Waals surface area (Å²) >= 11 is 0. The molecule has 1 amide bonds. The SMILES string of the molecule is CCN(CC)CCCNC(=O)CC(C)N. The van der Waals surface area contributed by atoms with Gasteiger partial charge in [0.05, 0.1) is 0 Å². The van der Waals surface area contributed by atoms with Crippen molar-refractivity contribution in [2.75, 3.05) is 26.2 Å². The Balaban J connectivity index is 3.41. The number of hydrogen-bond acceptors (Lipinski definition) is 3. The van der Waals surface area contributed by atoms with Crippen LogP contribution in [0, 0.1) is 0 Å². The average Bonchev–Trinajstić information content (AvgIpc) is 2.17. The minimum absolute atomic E-state index is 0.0483. The van der Waals surface area contributed by atoms with Crippen LogP contribution < -0.4 is 11.1 Å². The molecule has 0 aliphatic carbocycles. The normalized spacial score (nSPS) is 12.9. The van der Waals surface area contributed by atoms with Gasteiger partial charge < -0.3 is 16.0 Å². The number of nitrogens with two attached hydrogens (primary N) is 1. The zero-order valence-corrected chi connectivity index (χ0v) is 10.3. The van der Waals surface area contributed by atoms with Crippen LogP contribution in [0.3, 0.4) is 0 Å². The highest BCUT2D eigenvalue weighted by Crippen LogP contribution is 1.90. The molecule has 0 aromatic rings. The van der Waals surface area contributed by atoms with Crippen molar-refractivity contribution in [2.24, 2.45) is 5.73 Å². The number of nitrogens with zero attached hydrogens (tertiary/aromatic N) is 1. The molecule has 0 saturated heterocycles. The highest BCUT2D eigenvalue weighted by atomic mass is 16.1. The summed E-state index contributed by atoms with van der Waals surface area (Å²) in [4.78, 5) is 13.6. The molecule has 3 N–H and O–H groups in total. The molecule has 90 valence electrons. The third kappa shape index (κ3) is 8.39. The van der Waals surface area contributed by atoms with E-state index in [1.807, 2.05) is 6.92 Å². The van der Waals surface area contributed by atoms with Gasteiger partial charge in [0, 0.05) is 19.0 Å². The Labute approximate surface area is 93.2 Å². The summed E-state index contributed by atoms with van der Waals surface area (Å²) in [5, 5.41) is 2.87. The number of amides is 1. The Kier molecular flexibility index (Phi) is 8.33. The monoisotopic (exact) mass is 215 g/mol. The Hall–Kier alpha value is -0.610. The molecule has 0 aliphatic rings. The summed E-state index contributed by atoms with van der Waals surface area (Å²) in [6, 6.07) is -0.0483. The Morgan fingerprint density at radius 3 is 2.47 bits per heavy atom. The third-order valence-corrected chi connectivity index (χ3v) is 2.38. The molecule has 4 heteroatoms. The Morgan fingerprint density at radius 1 is 1.40 bits per heavy atom. The average molecular weight is 215 g/mol. The molecule has 0 heterocycles. The van der Waals surface area contributed by atoms with Crippen molar-refractivity contribution < 1.29 is 4.79 Å². The maximum Gasteiger partial charge on any atom is 0.221 e. The van der Waals surface area contributed by atoms with E-state index in [1.165, 1.54) is 0 Å². The van der Waals surface area contributed by atoms with Gasteiger partial charge in [-0.2, -0.15) is 0 Å². The maximum absolute atomic E-state index is 11.2. The van der Waals surface area contributed by atoms with E-state index in [-0.39, 0.29) is 11.9 Å². The lowest BCUT2D eigenvalue weighted by molar-refractivity contribution is -0.121. The van der Waals surface area contributed by atoms with Gasteiger partial charge in [0.1, 0.15) is 0 Å². The molecule has 0 aliphatic heterocycles. The quantitative estimate of drug-likeness (QED) is 0.582. The van der Waals surface area contributed by atoms with Crippen molar-refractivity contribution in [1.29, 1.82) is 0 Å². The molecule has 0 fully saturated rings. The van der Waals surface area contributed by atoms with Gasteiger partial charge >= 0.3 is 0 Å². The van der Waals surface area contributed by atoms with Crippen molar-refractivity contribution >= 4 is 5.91 Å². The first-order valence-corrected chi connectivity index (χ1v) is 5.84. The van der Waals surface area contributed by atoms with E-state index in [2.05, 4.69) is 24.1 Å². The van der Waals surface area contributed by atoms with Gasteiger partial charge in [0.15, 0.2) is 0 Å². The lowest BCUT2D eigenvalue weighted by atomic mass is 10.2. The zero-order valence-electron chi connectivity index (χ0n) is 10.3. The van der Waals surface area contributed by atoms with Gasteiger partial charge in [-0.25, -0.2) is 0 Å². The van der Waals surface area contributed by atoms with Crippen molar-refractivity contribution in [3.63, 3.8) is 0 Å². The number of carbonyl (C=O) groups is 1. The van der Waals surface area contributed by atoms with Gasteiger partial charge in [-0.3, -0.25) is 4.79 Å². The van der Waals surface area contributed by atoms with Crippen LogP contribution in [0.5, 0.6) is 0 Å². The summed E-state index contributed by atoms with van der Waals surface area (Å²) in [6.07, 6.45) is 1.43. The highest BCUT2D eigenvalue weighted by molar-refractivity contribution is 5.76. The van der Waals surface area contributed by atoms with Crippen LogP contribution in [0.2, 0.25) is 0 Å². The van der Waals surface area contributed by atoms with Crippen LogP contribution in [-0.4, -0.2) is 43.0 Å². The molecule has 0 aromatic heterocycles. The first kappa shape index (κ1) is 14.4. The maximum atomic E-state index is 11.2. The molecule has 0 bridgehead atoms. The van der Waals surface area contributed by atoms with Gasteiger partial charge in [0.25, 0.3) is 0 Å². The molecule has 0 rings (SSSR count). The van der Waals surface area contributed by atoms with E-state index in [0.717, 1.165) is 32.6 Å². The second-order valence-electron chi connectivity index (χ2n) is 3.91. The first-order valence-electron chi connectivity index (χ1n) is 5.84. The fraction of sp³-hybridized carbons (Fsp3) is 0.909. The first-order chi connectivity index (χ1) is 7.10. The molecule has 0 saturated carbocycles. The summed E-state index contributed by atoms with van der Waals surface area (Å²) in [7, 11) is 0. The van der Waals surface area contributed by atoms with Gasteiger partial charge in [0.2, 0.25) is 5.91 Å². The van der Waals surface area contributed by atoms with Crippen LogP contribution in [0.25, 0.3) is 0 Å². The third-order valence-electron chi connectivity index (χ3n) is 2.38. The lowest BCUT2D eigenvalue weighted by Gasteiger charge is -2.17. The second-order valence-corrected chi connectivity index (χ2v) is 3.91. The summed E-state index contributed by atoms with van der Waals surface area (Å²) in [5.41, 5.74) is 5.52. The van der Waals surface area contributed by atoms with Crippen LogP contribution in [0.15, 0.2) is 0 Å². The molecule has 4 nitrogen and oxygen atoms in total. The van der Waals surface area contributed by atoms with E-state index >= 15 is 0 Å². The van der Waals surface area contributed by atoms with Crippen molar-refractivity contribution in [3.05, 3.63) is 0 Å². The van der Waals surface area contributed by atoms with Crippen molar-refractivity contribution in [1.82, 2.24) is 10.2 Å². The van der Waals surface area contributed by atoms with Gasteiger partial charge in [-0.1, -0.05) is 13.8 Å². The standard InChI is InChI=1S/C11H25N3O/c1-4-14(5-2)8-6-7-13-11(15)9-10(3)12/h10H,4-9,12H2,1-3H3,(H,13,15). The Bertz CT molecular complexity index is 167. The summed E-state index contributed by atoms with van der Waals surface area (Å²) < 4.78 is 0. The molecule has 15 heavy (non-hydrogen) atoms. The van der Waals surface area contributed by atoms with Crippen LogP contribution in [-0.2, 0) is 4.79 Å². The minimum atomic E-state index is -0.0483. The fourth-order valence-corrected chi connectivity index (χ4v) is 1.43. The smallest absolute Gasteiger partial charge is 0.221 e. The van der Waals surface area contributed by atoms with Crippen LogP contribution >= 0.6 is 0 Å². The highest BCUT2D eigenvalue weighted by Gasteiger charge is 2.04. The Morgan fingerprint density at radius 2 is 2.00 bits per heavy atom. The zero-order chi connectivity index (χ0) is 11.7. The molecule has 1 unspecified atom stereocenters. The minimum Gasteiger partial charge on any atom is -0.356 e. The van der Waals surface area contributed by atoms with Crippen molar-refractivity contribution in [2.45, 2.75) is 39.7 Å². The number of hydrogen-bond donors (Lipinski definition) is 2. The predicted octanol–water partition coefficient (Wildman–Crippen LogP) is 0.572. The molecule has 0 aromatic carbocycles. The topological polar surface area (TPSA) is 58.4 Å². The number of carbonyl (C=O) groups excluding carboxylic acids is 1. The van der Waals surface area contributed by atoms with E-state index < -0.39 is 0 Å². The molecule has 1 atom stereocenters. The number of nitrogens with one attached hydrogen (secondary N) is 1. The molecule has 0 radical (unpaired) electrons. The number of rotatable bonds is 8. The van der Waals surface area contributed by atoms with E-state index in [4.69, 9.17) is 5.73 Å². The van der Waals surface area contributed by atoms with Gasteiger partial charge in [-0.15, -0.1) is 0 Å². The summed E-state index contributed by atoms with van der Waals surface area (Å²) in [5.74, 6) is 0.0598. The second kappa shape index (κ2) is 8.68. The molecular formula is C11H25N3O. The van der Waals surface area contributed by atoms with Crippen molar-refractivity contribution in [3.8, 4) is 0 Å². The molecule has 0 spiro atoms. The largest absolute Gasteiger partial charge is 0.356 e. The van der Waals surface area contributed by atoms with Crippen LogP contribution in [0.4, 0.5) is 0 Å².